The van der Waals surface area contributed by atoms with Crippen LogP contribution in [0.25, 0.3) is 16.9 Å². The summed E-state index contributed by atoms with van der Waals surface area (Å²) in [4.78, 5) is 12.6. The SMILES string of the molecule is COc1c(NN)ncnc1-n1cnc2ccccc21. The summed E-state index contributed by atoms with van der Waals surface area (Å²) in [6, 6.07) is 7.76. The van der Waals surface area contributed by atoms with Crippen molar-refractivity contribution in [1.82, 2.24) is 19.5 Å². The maximum atomic E-state index is 5.42. The molecule has 2 aromatic heterocycles. The molecule has 0 atom stereocenters. The number of nitrogens with two attached hydrogens (primary N) is 1. The Morgan fingerprint density at radius 2 is 2.05 bits per heavy atom. The Morgan fingerprint density at radius 1 is 1.21 bits per heavy atom. The van der Waals surface area contributed by atoms with Crippen LogP contribution in [0.2, 0.25) is 0 Å². The van der Waals surface area contributed by atoms with Crippen molar-refractivity contribution in [3.63, 3.8) is 0 Å². The predicted molar refractivity (Wildman–Crippen MR) is 71.0 cm³/mol. The van der Waals surface area contributed by atoms with Crippen LogP contribution in [0.4, 0.5) is 5.82 Å². The van der Waals surface area contributed by atoms with Gasteiger partial charge in [0.1, 0.15) is 12.7 Å². The smallest absolute Gasteiger partial charge is 0.206 e. The molecule has 96 valence electrons. The molecule has 0 aliphatic heterocycles. The number of ether oxygens (including phenoxy) is 1. The highest BCUT2D eigenvalue weighted by Gasteiger charge is 2.15. The number of nitrogen functional groups attached to an aromatic ring is 1. The molecule has 0 bridgehead atoms. The Labute approximate surface area is 109 Å². The molecule has 0 saturated carbocycles. The number of imidazole rings is 1. The monoisotopic (exact) mass is 256 g/mol. The van der Waals surface area contributed by atoms with Crippen molar-refractivity contribution in [2.24, 2.45) is 5.84 Å². The second kappa shape index (κ2) is 4.54. The maximum Gasteiger partial charge on any atom is 0.206 e. The molecule has 0 radical (unpaired) electrons. The fourth-order valence-electron chi connectivity index (χ4n) is 1.95. The van der Waals surface area contributed by atoms with Crippen LogP contribution in [0.3, 0.4) is 0 Å². The highest BCUT2D eigenvalue weighted by atomic mass is 16.5. The van der Waals surface area contributed by atoms with E-state index in [1.54, 1.807) is 13.4 Å². The molecule has 7 nitrogen and oxygen atoms in total. The van der Waals surface area contributed by atoms with Gasteiger partial charge in [-0.2, -0.15) is 0 Å². The minimum Gasteiger partial charge on any atom is -0.490 e. The van der Waals surface area contributed by atoms with E-state index in [9.17, 15) is 0 Å². The number of fused-ring (bicyclic) bond motifs is 1. The molecule has 0 unspecified atom stereocenters. The number of nitrogens with one attached hydrogen (secondary N) is 1. The van der Waals surface area contributed by atoms with Gasteiger partial charge in [0, 0.05) is 0 Å². The molecule has 1 aromatic carbocycles. The van der Waals surface area contributed by atoms with Crippen LogP contribution in [0.15, 0.2) is 36.9 Å². The van der Waals surface area contributed by atoms with Crippen LogP contribution in [-0.4, -0.2) is 26.6 Å². The van der Waals surface area contributed by atoms with Gasteiger partial charge in [-0.1, -0.05) is 12.1 Å². The lowest BCUT2D eigenvalue weighted by atomic mass is 10.3. The van der Waals surface area contributed by atoms with Gasteiger partial charge in [-0.05, 0) is 12.1 Å². The van der Waals surface area contributed by atoms with Gasteiger partial charge in [0.25, 0.3) is 0 Å². The zero-order valence-corrected chi connectivity index (χ0v) is 10.2. The van der Waals surface area contributed by atoms with Gasteiger partial charge in [-0.25, -0.2) is 20.8 Å². The second-order valence-electron chi connectivity index (χ2n) is 3.83. The number of anilines is 1. The number of hydrazine groups is 1. The highest BCUT2D eigenvalue weighted by Crippen LogP contribution is 2.29. The van der Waals surface area contributed by atoms with Crippen molar-refractivity contribution in [1.29, 1.82) is 0 Å². The number of hydrogen-bond donors (Lipinski definition) is 2. The maximum absolute atomic E-state index is 5.42. The van der Waals surface area contributed by atoms with Crippen molar-refractivity contribution >= 4 is 16.9 Å². The van der Waals surface area contributed by atoms with Gasteiger partial charge in [0.15, 0.2) is 11.6 Å². The molecular weight excluding hydrogens is 244 g/mol. The number of aromatic nitrogens is 4. The quantitative estimate of drug-likeness (QED) is 0.539. The van der Waals surface area contributed by atoms with Crippen LogP contribution in [0.1, 0.15) is 0 Å². The van der Waals surface area contributed by atoms with Gasteiger partial charge < -0.3 is 10.2 Å². The van der Waals surface area contributed by atoms with E-state index in [2.05, 4.69) is 20.4 Å². The predicted octanol–water partition coefficient (Wildman–Crippen LogP) is 1.11. The summed E-state index contributed by atoms with van der Waals surface area (Å²) in [5.74, 6) is 6.89. The van der Waals surface area contributed by atoms with E-state index in [0.717, 1.165) is 11.0 Å². The average molecular weight is 256 g/mol. The molecule has 0 aliphatic carbocycles. The molecule has 19 heavy (non-hydrogen) atoms. The summed E-state index contributed by atoms with van der Waals surface area (Å²) in [6.07, 6.45) is 3.11. The van der Waals surface area contributed by atoms with E-state index < -0.39 is 0 Å². The molecule has 3 aromatic rings. The summed E-state index contributed by atoms with van der Waals surface area (Å²) >= 11 is 0. The molecule has 0 fully saturated rings. The van der Waals surface area contributed by atoms with Gasteiger partial charge in [-0.15, -0.1) is 0 Å². The Kier molecular flexibility index (Phi) is 2.73. The van der Waals surface area contributed by atoms with Crippen molar-refractivity contribution in [2.75, 3.05) is 12.5 Å². The van der Waals surface area contributed by atoms with Crippen molar-refractivity contribution in [3.05, 3.63) is 36.9 Å². The van der Waals surface area contributed by atoms with E-state index in [1.165, 1.54) is 6.33 Å². The highest BCUT2D eigenvalue weighted by molar-refractivity contribution is 5.78. The number of hydrogen-bond acceptors (Lipinski definition) is 6. The molecule has 7 heteroatoms. The molecule has 0 aliphatic rings. The molecular formula is C12H12N6O. The van der Waals surface area contributed by atoms with Crippen LogP contribution in [0, 0.1) is 0 Å². The van der Waals surface area contributed by atoms with Crippen LogP contribution in [-0.2, 0) is 0 Å². The number of benzene rings is 1. The Bertz CT molecular complexity index is 723. The standard InChI is InChI=1S/C12H12N6O/c1-19-10-11(17-13)14-6-15-12(10)18-7-16-8-4-2-3-5-9(8)18/h2-7H,13H2,1H3,(H,14,15,17). The number of rotatable bonds is 3. The Balaban J connectivity index is 2.27. The Morgan fingerprint density at radius 3 is 2.84 bits per heavy atom. The fourth-order valence-corrected chi connectivity index (χ4v) is 1.95. The molecule has 0 spiro atoms. The molecule has 0 amide bonds. The number of nitrogens with zero attached hydrogens (tertiary/aromatic N) is 4. The Hall–Kier alpha value is -2.67. The third-order valence-electron chi connectivity index (χ3n) is 2.81. The first-order valence-corrected chi connectivity index (χ1v) is 5.63. The van der Waals surface area contributed by atoms with Gasteiger partial charge in [0.05, 0.1) is 18.1 Å². The van der Waals surface area contributed by atoms with Crippen molar-refractivity contribution < 1.29 is 4.74 Å². The molecule has 2 heterocycles. The zero-order valence-electron chi connectivity index (χ0n) is 10.2. The van der Waals surface area contributed by atoms with E-state index >= 15 is 0 Å². The minimum atomic E-state index is 0.422. The molecule has 3 rings (SSSR count). The van der Waals surface area contributed by atoms with Crippen LogP contribution < -0.4 is 16.0 Å². The third kappa shape index (κ3) is 1.76. The lowest BCUT2D eigenvalue weighted by Crippen LogP contribution is -2.12. The van der Waals surface area contributed by atoms with E-state index in [-0.39, 0.29) is 0 Å². The topological polar surface area (TPSA) is 90.9 Å². The van der Waals surface area contributed by atoms with E-state index in [1.807, 2.05) is 28.8 Å². The zero-order chi connectivity index (χ0) is 13.2. The lowest BCUT2D eigenvalue weighted by Gasteiger charge is -2.11. The summed E-state index contributed by atoms with van der Waals surface area (Å²) < 4.78 is 7.15. The van der Waals surface area contributed by atoms with Gasteiger partial charge in [-0.3, -0.25) is 4.57 Å². The first-order valence-electron chi connectivity index (χ1n) is 5.63. The number of methoxy groups -OCH3 is 1. The normalized spacial score (nSPS) is 10.6. The lowest BCUT2D eigenvalue weighted by molar-refractivity contribution is 0.410. The second-order valence-corrected chi connectivity index (χ2v) is 3.83. The molecule has 3 N–H and O–H groups in total. The molecule has 0 saturated heterocycles. The van der Waals surface area contributed by atoms with Crippen molar-refractivity contribution in [3.8, 4) is 11.6 Å². The van der Waals surface area contributed by atoms with Gasteiger partial charge >= 0.3 is 0 Å². The summed E-state index contributed by atoms with van der Waals surface area (Å²) in [5.41, 5.74) is 4.30. The third-order valence-corrected chi connectivity index (χ3v) is 2.81. The summed E-state index contributed by atoms with van der Waals surface area (Å²) in [5, 5.41) is 0. The minimum absolute atomic E-state index is 0.422. The van der Waals surface area contributed by atoms with Crippen LogP contribution >= 0.6 is 0 Å². The fraction of sp³-hybridized carbons (Fsp3) is 0.0833. The number of para-hydroxylation sites is 2. The van der Waals surface area contributed by atoms with E-state index in [4.69, 9.17) is 10.6 Å². The average Bonchev–Trinajstić information content (AvgIpc) is 2.90. The van der Waals surface area contributed by atoms with E-state index in [0.29, 0.717) is 17.4 Å². The summed E-state index contributed by atoms with van der Waals surface area (Å²) in [7, 11) is 1.54. The van der Waals surface area contributed by atoms with Crippen LogP contribution in [0.5, 0.6) is 5.75 Å². The van der Waals surface area contributed by atoms with Gasteiger partial charge in [0.2, 0.25) is 5.75 Å². The van der Waals surface area contributed by atoms with Crippen molar-refractivity contribution in [2.45, 2.75) is 0 Å². The summed E-state index contributed by atoms with van der Waals surface area (Å²) in [6.45, 7) is 0. The first kappa shape index (κ1) is 11.4. The largest absolute Gasteiger partial charge is 0.490 e. The first-order chi connectivity index (χ1) is 9.35.